The van der Waals surface area contributed by atoms with Gasteiger partial charge in [0.05, 0.1) is 13.3 Å². The Balaban J connectivity index is 1.72. The maximum absolute atomic E-state index is 12.1. The summed E-state index contributed by atoms with van der Waals surface area (Å²) in [4.78, 5) is 14.6. The van der Waals surface area contributed by atoms with Gasteiger partial charge < -0.3 is 14.4 Å². The van der Waals surface area contributed by atoms with Gasteiger partial charge in [0.2, 0.25) is 0 Å². The number of carbonyl (C=O) groups excluding carboxylic acids is 1. The zero-order valence-corrected chi connectivity index (χ0v) is 20.2. The molecule has 0 bridgehead atoms. The average Bonchev–Trinajstić information content (AvgIpc) is 2.75. The lowest BCUT2D eigenvalue weighted by atomic mass is 9.79. The van der Waals surface area contributed by atoms with Crippen molar-refractivity contribution in [2.24, 2.45) is 5.10 Å². The molecule has 0 fully saturated rings. The van der Waals surface area contributed by atoms with Gasteiger partial charge in [-0.2, -0.15) is 5.10 Å². The molecule has 7 heteroatoms. The van der Waals surface area contributed by atoms with Gasteiger partial charge >= 0.3 is 0 Å². The summed E-state index contributed by atoms with van der Waals surface area (Å²) < 4.78 is 11.1. The van der Waals surface area contributed by atoms with E-state index in [1.165, 1.54) is 11.3 Å². The predicted octanol–water partition coefficient (Wildman–Crippen LogP) is 5.38. The number of benzene rings is 2. The van der Waals surface area contributed by atoms with Crippen LogP contribution in [0.5, 0.6) is 11.5 Å². The first-order valence-corrected chi connectivity index (χ1v) is 11.3. The Morgan fingerprint density at radius 2 is 2.03 bits per heavy atom. The van der Waals surface area contributed by atoms with Gasteiger partial charge in [-0.05, 0) is 68.5 Å². The van der Waals surface area contributed by atoms with Crippen LogP contribution in [0.15, 0.2) is 41.5 Å². The van der Waals surface area contributed by atoms with Gasteiger partial charge in [-0.1, -0.05) is 25.4 Å². The number of methoxy groups -OCH3 is 1. The Bertz CT molecular complexity index is 973. The Morgan fingerprint density at radius 1 is 1.31 bits per heavy atom. The van der Waals surface area contributed by atoms with Gasteiger partial charge in [-0.15, -0.1) is 0 Å². The van der Waals surface area contributed by atoms with E-state index < -0.39 is 0 Å². The Kier molecular flexibility index (Phi) is 7.67. The van der Waals surface area contributed by atoms with Crippen molar-refractivity contribution in [3.63, 3.8) is 0 Å². The number of nitrogens with zero attached hydrogens (tertiary/aromatic N) is 2. The minimum atomic E-state index is -0.350. The fourth-order valence-electron chi connectivity index (χ4n) is 4.34. The van der Waals surface area contributed by atoms with Crippen molar-refractivity contribution in [1.82, 2.24) is 5.43 Å². The van der Waals surface area contributed by atoms with Crippen LogP contribution in [-0.4, -0.2) is 37.9 Å². The van der Waals surface area contributed by atoms with Gasteiger partial charge in [-0.3, -0.25) is 4.79 Å². The first kappa shape index (κ1) is 23.9. The third-order valence-corrected chi connectivity index (χ3v) is 6.01. The maximum atomic E-state index is 12.1. The highest BCUT2D eigenvalue weighted by Crippen LogP contribution is 2.45. The number of hydrogen-bond acceptors (Lipinski definition) is 5. The lowest BCUT2D eigenvalue weighted by molar-refractivity contribution is -0.123. The zero-order chi connectivity index (χ0) is 23.3. The summed E-state index contributed by atoms with van der Waals surface area (Å²) in [6.45, 7) is 9.90. The van der Waals surface area contributed by atoms with Crippen LogP contribution in [0.1, 0.15) is 57.6 Å². The molecule has 0 aromatic heterocycles. The molecule has 1 aliphatic heterocycles. The molecule has 172 valence electrons. The Labute approximate surface area is 195 Å². The third kappa shape index (κ3) is 5.54. The number of amides is 1. The van der Waals surface area contributed by atoms with Gasteiger partial charge in [0.1, 0.15) is 11.5 Å². The van der Waals surface area contributed by atoms with Crippen LogP contribution < -0.4 is 19.8 Å². The van der Waals surface area contributed by atoms with E-state index in [1.54, 1.807) is 37.6 Å². The molecule has 1 aliphatic rings. The van der Waals surface area contributed by atoms with Gasteiger partial charge in [0.25, 0.3) is 5.91 Å². The van der Waals surface area contributed by atoms with E-state index in [2.05, 4.69) is 55.3 Å². The van der Waals surface area contributed by atoms with Crippen LogP contribution in [0.25, 0.3) is 0 Å². The highest BCUT2D eigenvalue weighted by molar-refractivity contribution is 6.30. The molecule has 1 N–H and O–H groups in total. The lowest BCUT2D eigenvalue weighted by Crippen LogP contribution is -2.48. The summed E-state index contributed by atoms with van der Waals surface area (Å²) in [5.41, 5.74) is 5.91. The zero-order valence-electron chi connectivity index (χ0n) is 19.4. The summed E-state index contributed by atoms with van der Waals surface area (Å²) in [6, 6.07) is 11.0. The van der Waals surface area contributed by atoms with E-state index in [1.807, 2.05) is 0 Å². The van der Waals surface area contributed by atoms with Crippen molar-refractivity contribution in [3.05, 3.63) is 52.5 Å². The number of rotatable bonds is 8. The Hall–Kier alpha value is -2.73. The first-order chi connectivity index (χ1) is 15.2. The molecule has 0 spiro atoms. The van der Waals surface area contributed by atoms with Crippen molar-refractivity contribution < 1.29 is 14.3 Å². The molecular formula is C25H32ClN3O3. The summed E-state index contributed by atoms with van der Waals surface area (Å²) in [5, 5.41) is 4.73. The van der Waals surface area contributed by atoms with Crippen LogP contribution >= 0.6 is 11.6 Å². The molecule has 1 unspecified atom stereocenters. The molecular weight excluding hydrogens is 426 g/mol. The molecule has 1 heterocycles. The fraction of sp³-hybridized carbons (Fsp3) is 0.440. The monoisotopic (exact) mass is 457 g/mol. The molecule has 2 aromatic rings. The SMILES string of the molecule is CCCN1c2cc(OC)c(/C=N\NC(=O)COc3ccc(Cl)cc3)cc2C(C)CC1(C)C. The molecule has 0 saturated carbocycles. The van der Waals surface area contributed by atoms with Crippen LogP contribution in [0.4, 0.5) is 5.69 Å². The van der Waals surface area contributed by atoms with E-state index in [0.717, 1.165) is 30.7 Å². The van der Waals surface area contributed by atoms with Crippen molar-refractivity contribution in [2.45, 2.75) is 52.0 Å². The molecule has 2 aromatic carbocycles. The van der Waals surface area contributed by atoms with E-state index in [0.29, 0.717) is 16.7 Å². The van der Waals surface area contributed by atoms with Gasteiger partial charge in [-0.25, -0.2) is 5.43 Å². The average molecular weight is 458 g/mol. The van der Waals surface area contributed by atoms with Crippen molar-refractivity contribution in [3.8, 4) is 11.5 Å². The molecule has 0 aliphatic carbocycles. The summed E-state index contributed by atoms with van der Waals surface area (Å²) in [6.07, 6.45) is 3.77. The number of hydrogen-bond donors (Lipinski definition) is 1. The molecule has 1 atom stereocenters. The van der Waals surface area contributed by atoms with Crippen LogP contribution in [0.2, 0.25) is 5.02 Å². The number of ether oxygens (including phenoxy) is 2. The van der Waals surface area contributed by atoms with Crippen LogP contribution in [-0.2, 0) is 4.79 Å². The van der Waals surface area contributed by atoms with E-state index in [-0.39, 0.29) is 18.1 Å². The number of carbonyl (C=O) groups is 1. The number of anilines is 1. The molecule has 1 amide bonds. The fourth-order valence-corrected chi connectivity index (χ4v) is 4.46. The number of hydrazone groups is 1. The Morgan fingerprint density at radius 3 is 2.69 bits per heavy atom. The summed E-state index contributed by atoms with van der Waals surface area (Å²) in [5.74, 6) is 1.36. The topological polar surface area (TPSA) is 63.2 Å². The molecule has 3 rings (SSSR count). The van der Waals surface area contributed by atoms with Crippen LogP contribution in [0.3, 0.4) is 0 Å². The van der Waals surface area contributed by atoms with E-state index in [4.69, 9.17) is 21.1 Å². The third-order valence-electron chi connectivity index (χ3n) is 5.76. The maximum Gasteiger partial charge on any atom is 0.277 e. The largest absolute Gasteiger partial charge is 0.496 e. The van der Waals surface area contributed by atoms with E-state index >= 15 is 0 Å². The predicted molar refractivity (Wildman–Crippen MR) is 130 cm³/mol. The second kappa shape index (κ2) is 10.3. The molecule has 32 heavy (non-hydrogen) atoms. The van der Waals surface area contributed by atoms with Crippen LogP contribution in [0, 0.1) is 0 Å². The molecule has 6 nitrogen and oxygen atoms in total. The van der Waals surface area contributed by atoms with Crippen molar-refractivity contribution in [1.29, 1.82) is 0 Å². The lowest BCUT2D eigenvalue weighted by Gasteiger charge is -2.47. The van der Waals surface area contributed by atoms with Gasteiger partial charge in [0, 0.05) is 34.4 Å². The highest BCUT2D eigenvalue weighted by atomic mass is 35.5. The standard InChI is InChI=1S/C25H32ClN3O3/c1-6-11-29-22-13-23(31-5)18(12-21(22)17(2)14-25(29,3)4)15-27-28-24(30)16-32-20-9-7-19(26)8-10-20/h7-10,12-13,15,17H,6,11,14,16H2,1-5H3,(H,28,30)/b27-15-. The summed E-state index contributed by atoms with van der Waals surface area (Å²) in [7, 11) is 1.65. The number of nitrogens with one attached hydrogen (secondary N) is 1. The second-order valence-electron chi connectivity index (χ2n) is 8.76. The summed E-state index contributed by atoms with van der Waals surface area (Å²) >= 11 is 5.85. The van der Waals surface area contributed by atoms with Crippen molar-refractivity contribution in [2.75, 3.05) is 25.2 Å². The molecule has 0 saturated heterocycles. The highest BCUT2D eigenvalue weighted by Gasteiger charge is 2.36. The quantitative estimate of drug-likeness (QED) is 0.427. The second-order valence-corrected chi connectivity index (χ2v) is 9.19. The first-order valence-electron chi connectivity index (χ1n) is 10.9. The number of fused-ring (bicyclic) bond motifs is 1. The minimum Gasteiger partial charge on any atom is -0.496 e. The van der Waals surface area contributed by atoms with Crippen molar-refractivity contribution >= 4 is 29.4 Å². The molecule has 0 radical (unpaired) electrons. The van der Waals surface area contributed by atoms with E-state index in [9.17, 15) is 4.79 Å². The normalized spacial score (nSPS) is 17.2. The van der Waals surface area contributed by atoms with Gasteiger partial charge in [0.15, 0.2) is 6.61 Å². The smallest absolute Gasteiger partial charge is 0.277 e. The number of halogens is 1. The minimum absolute atomic E-state index is 0.0844.